The molecule has 2 N–H and O–H groups in total. The molecule has 0 unspecified atom stereocenters. The number of carbonyl (C=O) groups excluding carboxylic acids is 1. The number of carbonyl (C=O) groups is 1. The van der Waals surface area contributed by atoms with Gasteiger partial charge < -0.3 is 10.6 Å². The van der Waals surface area contributed by atoms with Crippen LogP contribution >= 0.6 is 23.2 Å². The van der Waals surface area contributed by atoms with E-state index in [4.69, 9.17) is 23.2 Å². The van der Waals surface area contributed by atoms with Gasteiger partial charge in [0.15, 0.2) is 0 Å². The number of nitrogens with one attached hydrogen (secondary N) is 2. The van der Waals surface area contributed by atoms with Crippen molar-refractivity contribution in [2.45, 2.75) is 0 Å². The summed E-state index contributed by atoms with van der Waals surface area (Å²) in [5.74, 6) is -2.06. The summed E-state index contributed by atoms with van der Waals surface area (Å²) in [7, 11) is 0. The molecule has 3 nitrogen and oxygen atoms in total. The molecular weight excluding hydrogens is 321 g/mol. The normalized spacial score (nSPS) is 10.3. The molecule has 0 radical (unpaired) electrons. The van der Waals surface area contributed by atoms with Crippen molar-refractivity contribution < 1.29 is 13.6 Å². The van der Waals surface area contributed by atoms with Crippen molar-refractivity contribution in [2.75, 3.05) is 17.2 Å². The highest BCUT2D eigenvalue weighted by atomic mass is 35.5. The first kappa shape index (κ1) is 15.5. The van der Waals surface area contributed by atoms with Crippen LogP contribution in [0.1, 0.15) is 0 Å². The van der Waals surface area contributed by atoms with E-state index in [1.165, 1.54) is 6.07 Å². The molecule has 21 heavy (non-hydrogen) atoms. The number of amides is 1. The van der Waals surface area contributed by atoms with Gasteiger partial charge in [0.25, 0.3) is 0 Å². The highest BCUT2D eigenvalue weighted by molar-refractivity contribution is 6.44. The Labute approximate surface area is 129 Å². The van der Waals surface area contributed by atoms with Crippen molar-refractivity contribution >= 4 is 40.5 Å². The largest absolute Gasteiger partial charge is 0.371 e. The predicted molar refractivity (Wildman–Crippen MR) is 79.9 cm³/mol. The quantitative estimate of drug-likeness (QED) is 0.876. The van der Waals surface area contributed by atoms with Crippen molar-refractivity contribution in [3.63, 3.8) is 0 Å². The molecule has 0 aliphatic carbocycles. The van der Waals surface area contributed by atoms with Crippen molar-refractivity contribution in [3.8, 4) is 0 Å². The topological polar surface area (TPSA) is 41.1 Å². The van der Waals surface area contributed by atoms with Gasteiger partial charge in [0.1, 0.15) is 17.3 Å². The zero-order valence-electron chi connectivity index (χ0n) is 10.6. The maximum atomic E-state index is 13.4. The molecule has 0 spiro atoms. The van der Waals surface area contributed by atoms with E-state index in [0.29, 0.717) is 10.7 Å². The lowest BCUT2D eigenvalue weighted by Gasteiger charge is -2.10. The minimum absolute atomic E-state index is 0.199. The highest BCUT2D eigenvalue weighted by Crippen LogP contribution is 2.29. The van der Waals surface area contributed by atoms with E-state index in [9.17, 15) is 13.6 Å². The summed E-state index contributed by atoms with van der Waals surface area (Å²) < 4.78 is 26.7. The maximum absolute atomic E-state index is 13.4. The molecule has 2 rings (SSSR count). The average molecular weight is 331 g/mol. The van der Waals surface area contributed by atoms with Gasteiger partial charge >= 0.3 is 0 Å². The fourth-order valence-electron chi connectivity index (χ4n) is 1.63. The average Bonchev–Trinajstić information content (AvgIpc) is 2.43. The number of para-hydroxylation sites is 1. The molecule has 0 fully saturated rings. The Morgan fingerprint density at radius 2 is 1.67 bits per heavy atom. The van der Waals surface area contributed by atoms with Crippen LogP contribution in [0.3, 0.4) is 0 Å². The van der Waals surface area contributed by atoms with Gasteiger partial charge in [0, 0.05) is 0 Å². The van der Waals surface area contributed by atoms with Crippen LogP contribution in [0.2, 0.25) is 10.0 Å². The van der Waals surface area contributed by atoms with Gasteiger partial charge in [-0.05, 0) is 24.3 Å². The van der Waals surface area contributed by atoms with Gasteiger partial charge in [-0.25, -0.2) is 8.78 Å². The number of hydrogen-bond acceptors (Lipinski definition) is 2. The number of benzene rings is 2. The minimum Gasteiger partial charge on any atom is -0.371 e. The molecule has 2 aromatic carbocycles. The second-order valence-corrected chi connectivity index (χ2v) is 4.88. The summed E-state index contributed by atoms with van der Waals surface area (Å²) in [6.07, 6.45) is 0. The molecule has 110 valence electrons. The van der Waals surface area contributed by atoms with Crippen LogP contribution in [0.5, 0.6) is 0 Å². The molecule has 1 amide bonds. The van der Waals surface area contributed by atoms with E-state index in [2.05, 4.69) is 10.6 Å². The summed E-state index contributed by atoms with van der Waals surface area (Å²) in [6.45, 7) is -0.319. The first-order valence-electron chi connectivity index (χ1n) is 5.91. The van der Waals surface area contributed by atoms with E-state index in [1.807, 2.05) is 0 Å². The fraction of sp³-hybridized carbons (Fsp3) is 0.0714. The molecule has 7 heteroatoms. The van der Waals surface area contributed by atoms with E-state index in [-0.39, 0.29) is 17.3 Å². The molecule has 0 saturated carbocycles. The molecule has 0 aromatic heterocycles. The zero-order chi connectivity index (χ0) is 15.4. The molecule has 0 saturated heterocycles. The molecule has 0 aliphatic heterocycles. The van der Waals surface area contributed by atoms with Crippen LogP contribution in [-0.4, -0.2) is 12.5 Å². The number of anilines is 2. The predicted octanol–water partition coefficient (Wildman–Crippen LogP) is 4.32. The first-order valence-corrected chi connectivity index (χ1v) is 6.66. The van der Waals surface area contributed by atoms with Crippen LogP contribution in [0, 0.1) is 11.6 Å². The van der Waals surface area contributed by atoms with Gasteiger partial charge in [0.05, 0.1) is 22.3 Å². The van der Waals surface area contributed by atoms with Gasteiger partial charge in [-0.15, -0.1) is 0 Å². The second kappa shape index (κ2) is 6.74. The van der Waals surface area contributed by atoms with E-state index in [0.717, 1.165) is 12.1 Å². The van der Waals surface area contributed by atoms with Gasteiger partial charge in [-0.1, -0.05) is 35.3 Å². The maximum Gasteiger partial charge on any atom is 0.243 e. The fourth-order valence-corrected chi connectivity index (χ4v) is 1.98. The van der Waals surface area contributed by atoms with Gasteiger partial charge in [0.2, 0.25) is 5.91 Å². The minimum atomic E-state index is -0.774. The number of halogens is 4. The van der Waals surface area contributed by atoms with Crippen molar-refractivity contribution in [1.82, 2.24) is 0 Å². The van der Waals surface area contributed by atoms with Crippen molar-refractivity contribution in [1.29, 1.82) is 0 Å². The van der Waals surface area contributed by atoms with E-state index < -0.39 is 17.5 Å². The lowest BCUT2D eigenvalue weighted by Crippen LogP contribution is -2.22. The first-order chi connectivity index (χ1) is 9.99. The highest BCUT2D eigenvalue weighted by Gasteiger charge is 2.11. The molecule has 2 aromatic rings. The lowest BCUT2D eigenvalue weighted by atomic mass is 10.3. The number of hydrogen-bond donors (Lipinski definition) is 2. The van der Waals surface area contributed by atoms with Gasteiger partial charge in [-0.3, -0.25) is 4.79 Å². The molecule has 0 heterocycles. The Balaban J connectivity index is 2.01. The van der Waals surface area contributed by atoms with Crippen LogP contribution < -0.4 is 10.6 Å². The van der Waals surface area contributed by atoms with E-state index in [1.54, 1.807) is 18.2 Å². The summed E-state index contributed by atoms with van der Waals surface area (Å²) in [5.41, 5.74) is -0.0326. The van der Waals surface area contributed by atoms with Gasteiger partial charge in [-0.2, -0.15) is 0 Å². The van der Waals surface area contributed by atoms with Crippen LogP contribution in [-0.2, 0) is 4.79 Å². The van der Waals surface area contributed by atoms with E-state index >= 15 is 0 Å². The number of rotatable bonds is 4. The van der Waals surface area contributed by atoms with Crippen molar-refractivity contribution in [3.05, 3.63) is 58.1 Å². The summed E-state index contributed by atoms with van der Waals surface area (Å²) in [5, 5.41) is 5.39. The summed E-state index contributed by atoms with van der Waals surface area (Å²) in [4.78, 5) is 11.8. The molecular formula is C14H10Cl2F2N2O. The zero-order valence-corrected chi connectivity index (χ0v) is 12.1. The lowest BCUT2D eigenvalue weighted by molar-refractivity contribution is -0.114. The Kier molecular flexibility index (Phi) is 4.98. The monoisotopic (exact) mass is 330 g/mol. The van der Waals surface area contributed by atoms with Crippen LogP contribution in [0.4, 0.5) is 20.2 Å². The Hall–Kier alpha value is -1.85. The Morgan fingerprint density at radius 1 is 1.05 bits per heavy atom. The third-order valence-corrected chi connectivity index (χ3v) is 3.43. The third kappa shape index (κ3) is 3.83. The third-order valence-electron chi connectivity index (χ3n) is 2.61. The van der Waals surface area contributed by atoms with Crippen molar-refractivity contribution in [2.24, 2.45) is 0 Å². The molecule has 0 bridgehead atoms. The van der Waals surface area contributed by atoms with Crippen LogP contribution in [0.25, 0.3) is 0 Å². The SMILES string of the molecule is O=C(CNc1c(F)cccc1F)Nc1cccc(Cl)c1Cl. The Bertz CT molecular complexity index is 660. The molecule has 0 aliphatic rings. The Morgan fingerprint density at radius 3 is 2.33 bits per heavy atom. The summed E-state index contributed by atoms with van der Waals surface area (Å²) in [6, 6.07) is 8.19. The second-order valence-electron chi connectivity index (χ2n) is 4.10. The summed E-state index contributed by atoms with van der Waals surface area (Å²) >= 11 is 11.7. The smallest absolute Gasteiger partial charge is 0.243 e. The molecule has 0 atom stereocenters. The van der Waals surface area contributed by atoms with Crippen LogP contribution in [0.15, 0.2) is 36.4 Å². The standard InChI is InChI=1S/C14H10Cl2F2N2O/c15-8-3-1-6-11(13(8)16)20-12(21)7-19-14-9(17)4-2-5-10(14)18/h1-6,19H,7H2,(H,20,21).